The monoisotopic (exact) mass is 426 g/mol. The van der Waals surface area contributed by atoms with Gasteiger partial charge in [0, 0.05) is 11.6 Å². The fraction of sp³-hybridized carbons (Fsp3) is 0.176. The van der Waals surface area contributed by atoms with Gasteiger partial charge in [-0.25, -0.2) is 4.79 Å². The number of ether oxygens (including phenoxy) is 2. The number of hydrogen-bond acceptors (Lipinski definition) is 5. The Morgan fingerprint density at radius 3 is 2.52 bits per heavy atom. The van der Waals surface area contributed by atoms with E-state index < -0.39 is 5.97 Å². The molecule has 0 unspecified atom stereocenters. The Balaban J connectivity index is 1.83. The van der Waals surface area contributed by atoms with Crippen molar-refractivity contribution in [2.45, 2.75) is 6.92 Å². The van der Waals surface area contributed by atoms with Crippen LogP contribution in [0.5, 0.6) is 5.75 Å². The molecule has 2 aromatic rings. The Hall–Kier alpha value is -2.09. The molecule has 1 heterocycles. The molecule has 0 aliphatic rings. The van der Waals surface area contributed by atoms with E-state index in [1.807, 2.05) is 29.5 Å². The van der Waals surface area contributed by atoms with E-state index in [2.05, 4.69) is 0 Å². The highest BCUT2D eigenvalue weighted by Gasteiger charge is 2.09. The molecule has 0 amide bonds. The lowest BCUT2D eigenvalue weighted by atomic mass is 10.1. The standard InChI is InChI=1S/C17H15IO5/c1-2-21-13-5-3-12(4-6-13)15(19)11-22-17(20)10-8-14-7-9-16(18)23-14/h3-10H,2,11H2,1H3/b10-8+. The summed E-state index contributed by atoms with van der Waals surface area (Å²) in [6, 6.07) is 10.2. The minimum Gasteiger partial charge on any atom is -0.494 e. The largest absolute Gasteiger partial charge is 0.494 e. The topological polar surface area (TPSA) is 65.7 Å². The van der Waals surface area contributed by atoms with Gasteiger partial charge in [0.2, 0.25) is 0 Å². The summed E-state index contributed by atoms with van der Waals surface area (Å²) in [4.78, 5) is 23.5. The summed E-state index contributed by atoms with van der Waals surface area (Å²) in [5, 5.41) is 0. The molecule has 0 aliphatic heterocycles. The van der Waals surface area contributed by atoms with Crippen molar-refractivity contribution in [3.05, 3.63) is 57.6 Å². The second-order valence-corrected chi connectivity index (χ2v) is 5.53. The van der Waals surface area contributed by atoms with Gasteiger partial charge in [-0.1, -0.05) is 0 Å². The highest BCUT2D eigenvalue weighted by Crippen LogP contribution is 2.13. The van der Waals surface area contributed by atoms with Crippen molar-refractivity contribution in [1.82, 2.24) is 0 Å². The second-order valence-electron chi connectivity index (χ2n) is 4.46. The van der Waals surface area contributed by atoms with Gasteiger partial charge in [0.15, 0.2) is 16.2 Å². The number of Topliss-reactive ketones (excluding diaryl/α,β-unsaturated/α-hetero) is 1. The van der Waals surface area contributed by atoms with E-state index in [0.717, 1.165) is 3.77 Å². The maximum Gasteiger partial charge on any atom is 0.331 e. The maximum absolute atomic E-state index is 11.9. The quantitative estimate of drug-likeness (QED) is 0.292. The highest BCUT2D eigenvalue weighted by atomic mass is 127. The molecule has 0 bridgehead atoms. The maximum atomic E-state index is 11.9. The lowest BCUT2D eigenvalue weighted by Gasteiger charge is -2.04. The average molecular weight is 426 g/mol. The van der Waals surface area contributed by atoms with Crippen LogP contribution in [0.2, 0.25) is 0 Å². The molecular formula is C17H15IO5. The van der Waals surface area contributed by atoms with Crippen molar-refractivity contribution in [2.75, 3.05) is 13.2 Å². The molecule has 1 aromatic heterocycles. The fourth-order valence-electron chi connectivity index (χ4n) is 1.74. The first-order chi connectivity index (χ1) is 11.1. The molecule has 0 spiro atoms. The van der Waals surface area contributed by atoms with Gasteiger partial charge in [0.25, 0.3) is 0 Å². The number of ketones is 1. The second kappa shape index (κ2) is 8.52. The Kier molecular flexibility index (Phi) is 6.40. The molecular weight excluding hydrogens is 411 g/mol. The Morgan fingerprint density at radius 2 is 1.91 bits per heavy atom. The summed E-state index contributed by atoms with van der Waals surface area (Å²) in [5.74, 6) is 0.360. The first kappa shape index (κ1) is 17.3. The van der Waals surface area contributed by atoms with E-state index in [1.165, 1.54) is 12.2 Å². The number of carbonyl (C=O) groups excluding carboxylic acids is 2. The van der Waals surface area contributed by atoms with E-state index in [0.29, 0.717) is 23.7 Å². The molecule has 0 N–H and O–H groups in total. The van der Waals surface area contributed by atoms with E-state index in [4.69, 9.17) is 13.9 Å². The third-order valence-electron chi connectivity index (χ3n) is 2.81. The minimum absolute atomic E-state index is 0.276. The predicted molar refractivity (Wildman–Crippen MR) is 93.4 cm³/mol. The number of carbonyl (C=O) groups is 2. The van der Waals surface area contributed by atoms with Crippen molar-refractivity contribution >= 4 is 40.4 Å². The molecule has 2 rings (SSSR count). The van der Waals surface area contributed by atoms with Gasteiger partial charge in [-0.2, -0.15) is 0 Å². The number of rotatable bonds is 7. The minimum atomic E-state index is -0.601. The lowest BCUT2D eigenvalue weighted by molar-refractivity contribution is -0.136. The van der Waals surface area contributed by atoms with Crippen LogP contribution < -0.4 is 4.74 Å². The average Bonchev–Trinajstić information content (AvgIpc) is 2.97. The number of halogens is 1. The van der Waals surface area contributed by atoms with Gasteiger partial charge in [-0.15, -0.1) is 0 Å². The number of hydrogen-bond donors (Lipinski definition) is 0. The molecule has 1 aromatic carbocycles. The van der Waals surface area contributed by atoms with Crippen LogP contribution in [0, 0.1) is 3.77 Å². The van der Waals surface area contributed by atoms with Crippen molar-refractivity contribution in [3.63, 3.8) is 0 Å². The summed E-state index contributed by atoms with van der Waals surface area (Å²) < 4.78 is 16.2. The van der Waals surface area contributed by atoms with Crippen molar-refractivity contribution in [1.29, 1.82) is 0 Å². The first-order valence-corrected chi connectivity index (χ1v) is 8.02. The van der Waals surface area contributed by atoms with Crippen LogP contribution in [-0.4, -0.2) is 25.0 Å². The summed E-state index contributed by atoms with van der Waals surface area (Å²) in [6.45, 7) is 2.13. The molecule has 0 saturated heterocycles. The molecule has 6 heteroatoms. The first-order valence-electron chi connectivity index (χ1n) is 6.94. The van der Waals surface area contributed by atoms with Gasteiger partial charge in [-0.3, -0.25) is 4.79 Å². The molecule has 0 radical (unpaired) electrons. The van der Waals surface area contributed by atoms with Gasteiger partial charge in [-0.05, 0) is 72.0 Å². The van der Waals surface area contributed by atoms with Crippen molar-refractivity contribution in [2.24, 2.45) is 0 Å². The van der Waals surface area contributed by atoms with Crippen LogP contribution >= 0.6 is 22.6 Å². The van der Waals surface area contributed by atoms with Crippen molar-refractivity contribution < 1.29 is 23.5 Å². The van der Waals surface area contributed by atoms with E-state index in [9.17, 15) is 9.59 Å². The van der Waals surface area contributed by atoms with E-state index in [1.54, 1.807) is 36.4 Å². The molecule has 0 aliphatic carbocycles. The Labute approximate surface area is 147 Å². The van der Waals surface area contributed by atoms with Gasteiger partial charge >= 0.3 is 5.97 Å². The summed E-state index contributed by atoms with van der Waals surface area (Å²) >= 11 is 2.03. The van der Waals surface area contributed by atoms with Crippen LogP contribution in [0.25, 0.3) is 6.08 Å². The van der Waals surface area contributed by atoms with Crippen molar-refractivity contribution in [3.8, 4) is 5.75 Å². The SMILES string of the molecule is CCOc1ccc(C(=O)COC(=O)/C=C/c2ccc(I)o2)cc1. The molecule has 5 nitrogen and oxygen atoms in total. The van der Waals surface area contributed by atoms with Crippen LogP contribution in [0.3, 0.4) is 0 Å². The Bertz CT molecular complexity index is 700. The normalized spacial score (nSPS) is 10.7. The zero-order valence-corrected chi connectivity index (χ0v) is 14.6. The number of furan rings is 1. The fourth-order valence-corrected chi connectivity index (χ4v) is 2.17. The number of esters is 1. The third kappa shape index (κ3) is 5.55. The van der Waals surface area contributed by atoms with E-state index in [-0.39, 0.29) is 12.4 Å². The molecule has 0 fully saturated rings. The molecule has 0 saturated carbocycles. The third-order valence-corrected chi connectivity index (χ3v) is 3.39. The smallest absolute Gasteiger partial charge is 0.331 e. The van der Waals surface area contributed by atoms with Crippen LogP contribution in [0.1, 0.15) is 23.0 Å². The number of benzene rings is 1. The summed E-state index contributed by atoms with van der Waals surface area (Å²) in [6.07, 6.45) is 2.71. The summed E-state index contributed by atoms with van der Waals surface area (Å²) in [7, 11) is 0. The molecule has 120 valence electrons. The zero-order valence-electron chi connectivity index (χ0n) is 12.5. The van der Waals surface area contributed by atoms with Gasteiger partial charge < -0.3 is 13.9 Å². The van der Waals surface area contributed by atoms with Gasteiger partial charge in [0.05, 0.1) is 6.61 Å². The Morgan fingerprint density at radius 1 is 1.17 bits per heavy atom. The van der Waals surface area contributed by atoms with Crippen LogP contribution in [-0.2, 0) is 9.53 Å². The molecule has 0 atom stereocenters. The summed E-state index contributed by atoms with van der Waals surface area (Å²) in [5.41, 5.74) is 0.464. The highest BCUT2D eigenvalue weighted by molar-refractivity contribution is 14.1. The lowest BCUT2D eigenvalue weighted by Crippen LogP contribution is -2.12. The molecule has 23 heavy (non-hydrogen) atoms. The van der Waals surface area contributed by atoms with E-state index >= 15 is 0 Å². The predicted octanol–water partition coefficient (Wildman–Crippen LogP) is 3.72. The van der Waals surface area contributed by atoms with Gasteiger partial charge in [0.1, 0.15) is 11.5 Å². The van der Waals surface area contributed by atoms with Crippen LogP contribution in [0.4, 0.5) is 0 Å². The zero-order chi connectivity index (χ0) is 16.7. The van der Waals surface area contributed by atoms with Crippen LogP contribution in [0.15, 0.2) is 46.9 Å².